The minimum absolute atomic E-state index is 0.750. The van der Waals surface area contributed by atoms with Gasteiger partial charge in [0, 0.05) is 0 Å². The van der Waals surface area contributed by atoms with Crippen LogP contribution in [-0.4, -0.2) is 21.4 Å². The van der Waals surface area contributed by atoms with Crippen LogP contribution in [0.5, 0.6) is 0 Å². The van der Waals surface area contributed by atoms with Gasteiger partial charge in [-0.15, -0.1) is 21.9 Å². The van der Waals surface area contributed by atoms with Crippen molar-refractivity contribution in [3.05, 3.63) is 163 Å². The van der Waals surface area contributed by atoms with Gasteiger partial charge < -0.3 is 0 Å². The fraction of sp³-hybridized carbons (Fsp3) is 0.0476. The van der Waals surface area contributed by atoms with Crippen LogP contribution in [0.15, 0.2) is 0 Å². The fourth-order valence-electron chi connectivity index (χ4n) is 8.40. The summed E-state index contributed by atoms with van der Waals surface area (Å²) < 4.78 is 442. The molecular formula is C42H6AlBF28. The van der Waals surface area contributed by atoms with E-state index in [1.54, 1.807) is 0 Å². The molecule has 0 spiro atoms. The molecule has 0 fully saturated rings. The van der Waals surface area contributed by atoms with Crippen molar-refractivity contribution in [1.29, 1.82) is 0 Å². The molecule has 0 saturated heterocycles. The first-order chi connectivity index (χ1) is 33.4. The summed E-state index contributed by atoms with van der Waals surface area (Å²) in [5.41, 5.74) is -15.9. The maximum atomic E-state index is 17.4. The summed E-state index contributed by atoms with van der Waals surface area (Å²) in [7, 11) is 0. The maximum absolute atomic E-state index is 17.4. The Bertz CT molecular complexity index is 3310. The van der Waals surface area contributed by atoms with Crippen LogP contribution >= 0.6 is 0 Å². The number of fused-ring (bicyclic) bond motifs is 4. The van der Waals surface area contributed by atoms with Crippen LogP contribution in [0, 0.1) is 163 Å². The van der Waals surface area contributed by atoms with E-state index in [4.69, 9.17) is 0 Å². The van der Waals surface area contributed by atoms with Gasteiger partial charge in [0.25, 0.3) is 0 Å². The average Bonchev–Trinajstić information content (AvgIpc) is 3.33. The Morgan fingerprint density at radius 1 is 0.167 bits per heavy atom. The third kappa shape index (κ3) is 6.61. The van der Waals surface area contributed by atoms with E-state index in [1.807, 2.05) is 0 Å². The Balaban J connectivity index is 0.00000247. The van der Waals surface area contributed by atoms with Crippen LogP contribution in [0.1, 0.15) is 0 Å². The van der Waals surface area contributed by atoms with Gasteiger partial charge in [-0.05, 0) is 0 Å². The summed E-state index contributed by atoms with van der Waals surface area (Å²) in [4.78, 5) is 0. The van der Waals surface area contributed by atoms with Gasteiger partial charge in [-0.1, -0.05) is 0 Å². The normalized spacial score (nSPS) is 12.0. The van der Waals surface area contributed by atoms with Gasteiger partial charge in [-0.3, -0.25) is 0 Å². The van der Waals surface area contributed by atoms with Crippen molar-refractivity contribution in [2.24, 2.45) is 0 Å². The Labute approximate surface area is 383 Å². The topological polar surface area (TPSA) is 0 Å². The van der Waals surface area contributed by atoms with E-state index in [0.717, 1.165) is 15.2 Å². The third-order valence-electron chi connectivity index (χ3n) is 11.2. The third-order valence-corrected chi connectivity index (χ3v) is 11.2. The first-order valence-corrected chi connectivity index (χ1v) is 20.9. The standard InChI is InChI=1S/C40BF28.2CH3.Al/c42-13-1-5(25(54)37(66)33(62)21(1)50)17(46)29(58)9(13)41(10-14(43)2-6(18(47)30(10)59)26(55)38(67)34(63)22(2)51,11-15(44)3-7(19(48)31(11)60)27(56)39(68)35(64)23(3)52)12-16(45)4-8(20(49)32(12)61)28(57)40(69)36(65)24(4)53;;;/h;2*1H3;/q-1;;;+1. The van der Waals surface area contributed by atoms with E-state index < -0.39 is 234 Å². The fourth-order valence-corrected chi connectivity index (χ4v) is 8.40. The molecule has 0 heterocycles. The molecule has 30 heteroatoms. The molecule has 0 radical (unpaired) electrons. The molecule has 8 aromatic carbocycles. The molecule has 0 saturated carbocycles. The van der Waals surface area contributed by atoms with Crippen molar-refractivity contribution < 1.29 is 123 Å². The van der Waals surface area contributed by atoms with Gasteiger partial charge in [0.1, 0.15) is 52.7 Å². The van der Waals surface area contributed by atoms with Gasteiger partial charge in [-0.25, -0.2) is 123 Å². The van der Waals surface area contributed by atoms with Crippen molar-refractivity contribution in [1.82, 2.24) is 0 Å². The monoisotopic (exact) mass is 1080 g/mol. The van der Waals surface area contributed by atoms with Crippen LogP contribution in [0.2, 0.25) is 11.6 Å². The van der Waals surface area contributed by atoms with Gasteiger partial charge in [0.15, 0.2) is 116 Å². The molecule has 0 aromatic heterocycles. The van der Waals surface area contributed by atoms with Gasteiger partial charge in [0.05, 0.1) is 43.1 Å². The molecule has 0 bridgehead atoms. The quantitative estimate of drug-likeness (QED) is 0.0713. The van der Waals surface area contributed by atoms with E-state index in [2.05, 4.69) is 11.6 Å². The molecule has 8 aromatic rings. The van der Waals surface area contributed by atoms with Crippen molar-refractivity contribution in [3.8, 4) is 0 Å². The molecule has 0 unspecified atom stereocenters. The summed E-state index contributed by atoms with van der Waals surface area (Å²) in [6.45, 7) is 0. The zero-order valence-electron chi connectivity index (χ0n) is 33.7. The van der Waals surface area contributed by atoms with Gasteiger partial charge >= 0.3 is 26.8 Å². The second-order valence-corrected chi connectivity index (χ2v) is 16.0. The summed E-state index contributed by atoms with van der Waals surface area (Å²) >= 11 is 0.750. The Morgan fingerprint density at radius 3 is 0.389 bits per heavy atom. The van der Waals surface area contributed by atoms with E-state index >= 15 is 87.8 Å². The van der Waals surface area contributed by atoms with E-state index in [-0.39, 0.29) is 0 Å². The number of hydrogen-bond donors (Lipinski definition) is 0. The Morgan fingerprint density at radius 2 is 0.264 bits per heavy atom. The first-order valence-electron chi connectivity index (χ1n) is 18.6. The zero-order valence-corrected chi connectivity index (χ0v) is 34.9. The number of halogens is 28. The second-order valence-electron chi connectivity index (χ2n) is 14.9. The van der Waals surface area contributed by atoms with Crippen LogP contribution in [-0.2, 0) is 0 Å². The predicted molar refractivity (Wildman–Crippen MR) is 196 cm³/mol. The Kier molecular flexibility index (Phi) is 13.2. The number of benzene rings is 8. The molecule has 0 aliphatic heterocycles. The molecule has 72 heavy (non-hydrogen) atoms. The van der Waals surface area contributed by atoms with Gasteiger partial charge in [0.2, 0.25) is 0 Å². The van der Waals surface area contributed by atoms with E-state index in [0.29, 0.717) is 0 Å². The van der Waals surface area contributed by atoms with E-state index in [9.17, 15) is 35.1 Å². The molecule has 376 valence electrons. The number of hydrogen-bond acceptors (Lipinski definition) is 0. The first kappa shape index (κ1) is 53.2. The van der Waals surface area contributed by atoms with Crippen LogP contribution in [0.4, 0.5) is 123 Å². The van der Waals surface area contributed by atoms with E-state index in [1.165, 1.54) is 0 Å². The summed E-state index contributed by atoms with van der Waals surface area (Å²) in [6.07, 6.45) is -7.99. The molecule has 0 N–H and O–H groups in total. The Hall–Kier alpha value is -6.56. The second kappa shape index (κ2) is 17.9. The SMILES string of the molecule is Fc1c(F)c(F)c2c(F)c([B-](c3c(F)c(F)c4c(F)c(F)c(F)c(F)c4c3F)(c3c(F)c(F)c4c(F)c(F)c(F)c(F)c4c3F)c3c(F)c(F)c4c(F)c(F)c(F)c(F)c4c3F)c(F)c(F)c2c1F.[CH3][Al+][CH3]. The van der Waals surface area contributed by atoms with Crippen molar-refractivity contribution in [2.75, 3.05) is 0 Å². The van der Waals surface area contributed by atoms with Crippen molar-refractivity contribution in [3.63, 3.8) is 0 Å². The summed E-state index contributed by atoms with van der Waals surface area (Å²) in [5, 5.41) is -25.0. The average molecular weight is 1080 g/mol. The number of rotatable bonds is 4. The summed E-state index contributed by atoms with van der Waals surface area (Å²) in [6, 6.07) is 0. The van der Waals surface area contributed by atoms with Crippen LogP contribution in [0.25, 0.3) is 43.1 Å². The van der Waals surface area contributed by atoms with Crippen LogP contribution < -0.4 is 21.9 Å². The van der Waals surface area contributed by atoms with Crippen molar-refractivity contribution in [2.45, 2.75) is 11.6 Å². The molecule has 0 aliphatic carbocycles. The van der Waals surface area contributed by atoms with Crippen LogP contribution in [0.3, 0.4) is 0 Å². The molecule has 0 amide bonds. The molecular weight excluding hydrogens is 1070 g/mol. The van der Waals surface area contributed by atoms with Gasteiger partial charge in [-0.2, -0.15) is 0 Å². The minimum atomic E-state index is -7.99. The summed E-state index contributed by atoms with van der Waals surface area (Å²) in [5.74, 6) is -97.3. The molecule has 8 rings (SSSR count). The predicted octanol–water partition coefficient (Wildman–Crippen LogP) is 12.4. The van der Waals surface area contributed by atoms with Crippen molar-refractivity contribution >= 4 is 86.3 Å². The molecule has 0 atom stereocenters. The molecule has 0 aliphatic rings. The molecule has 0 nitrogen and oxygen atoms in total. The zero-order chi connectivity index (χ0) is 54.3.